The van der Waals surface area contributed by atoms with Gasteiger partial charge in [0.25, 0.3) is 5.91 Å². The Bertz CT molecular complexity index is 684. The molecule has 0 aliphatic carbocycles. The molecule has 0 aliphatic rings. The SMILES string of the molecule is CC(C)NC(=O)Nc1cccc(C(=O)NCCc2ccccc2)c1. The summed E-state index contributed by atoms with van der Waals surface area (Å²) in [5.74, 6) is -0.154. The molecule has 2 rings (SSSR count). The monoisotopic (exact) mass is 325 g/mol. The maximum absolute atomic E-state index is 12.2. The van der Waals surface area contributed by atoms with Gasteiger partial charge in [0.1, 0.15) is 0 Å². The predicted molar refractivity (Wildman–Crippen MR) is 96.2 cm³/mol. The molecular formula is C19H23N3O2. The van der Waals surface area contributed by atoms with Crippen LogP contribution in [0.1, 0.15) is 29.8 Å². The highest BCUT2D eigenvalue weighted by Crippen LogP contribution is 2.10. The standard InChI is InChI=1S/C19H23N3O2/c1-14(2)21-19(24)22-17-10-6-9-16(13-17)18(23)20-12-11-15-7-4-3-5-8-15/h3-10,13-14H,11-12H2,1-2H3,(H,20,23)(H2,21,22,24). The van der Waals surface area contributed by atoms with Gasteiger partial charge in [-0.2, -0.15) is 0 Å². The van der Waals surface area contributed by atoms with Crippen molar-refractivity contribution in [1.29, 1.82) is 0 Å². The van der Waals surface area contributed by atoms with Crippen molar-refractivity contribution in [2.75, 3.05) is 11.9 Å². The van der Waals surface area contributed by atoms with Gasteiger partial charge in [0, 0.05) is 23.8 Å². The maximum Gasteiger partial charge on any atom is 0.319 e. The molecule has 0 spiro atoms. The number of nitrogens with one attached hydrogen (secondary N) is 3. The van der Waals surface area contributed by atoms with Crippen LogP contribution >= 0.6 is 0 Å². The summed E-state index contributed by atoms with van der Waals surface area (Å²) < 4.78 is 0. The third-order valence-electron chi connectivity index (χ3n) is 3.34. The van der Waals surface area contributed by atoms with Gasteiger partial charge in [-0.1, -0.05) is 36.4 Å². The second kappa shape index (κ2) is 8.72. The first kappa shape index (κ1) is 17.5. The number of hydrogen-bond acceptors (Lipinski definition) is 2. The first-order chi connectivity index (χ1) is 11.5. The van der Waals surface area contributed by atoms with Crippen LogP contribution in [-0.4, -0.2) is 24.5 Å². The van der Waals surface area contributed by atoms with Gasteiger partial charge in [-0.05, 0) is 44.0 Å². The van der Waals surface area contributed by atoms with Crippen molar-refractivity contribution >= 4 is 17.6 Å². The number of carbonyl (C=O) groups excluding carboxylic acids is 2. The zero-order valence-electron chi connectivity index (χ0n) is 14.0. The van der Waals surface area contributed by atoms with E-state index in [1.807, 2.05) is 44.2 Å². The molecule has 0 aliphatic heterocycles. The molecule has 24 heavy (non-hydrogen) atoms. The summed E-state index contributed by atoms with van der Waals surface area (Å²) in [6, 6.07) is 16.6. The van der Waals surface area contributed by atoms with Crippen molar-refractivity contribution in [3.05, 3.63) is 65.7 Å². The van der Waals surface area contributed by atoms with Crippen molar-refractivity contribution in [1.82, 2.24) is 10.6 Å². The maximum atomic E-state index is 12.2. The average molecular weight is 325 g/mol. The van der Waals surface area contributed by atoms with E-state index < -0.39 is 0 Å². The second-order valence-electron chi connectivity index (χ2n) is 5.83. The Kier molecular flexibility index (Phi) is 6.37. The Balaban J connectivity index is 1.88. The van der Waals surface area contributed by atoms with Crippen LogP contribution in [0.25, 0.3) is 0 Å². The highest BCUT2D eigenvalue weighted by atomic mass is 16.2. The minimum atomic E-state index is -0.286. The molecule has 2 aromatic rings. The summed E-state index contributed by atoms with van der Waals surface area (Å²) in [7, 11) is 0. The van der Waals surface area contributed by atoms with E-state index in [1.165, 1.54) is 5.56 Å². The van der Waals surface area contributed by atoms with Crippen LogP contribution in [0.4, 0.5) is 10.5 Å². The molecule has 0 radical (unpaired) electrons. The van der Waals surface area contributed by atoms with E-state index in [2.05, 4.69) is 16.0 Å². The van der Waals surface area contributed by atoms with Crippen molar-refractivity contribution in [3.63, 3.8) is 0 Å². The fourth-order valence-corrected chi connectivity index (χ4v) is 2.23. The van der Waals surface area contributed by atoms with Crippen LogP contribution in [0.5, 0.6) is 0 Å². The fraction of sp³-hybridized carbons (Fsp3) is 0.263. The van der Waals surface area contributed by atoms with Crippen LogP contribution in [0.2, 0.25) is 0 Å². The lowest BCUT2D eigenvalue weighted by Crippen LogP contribution is -2.34. The van der Waals surface area contributed by atoms with Crippen LogP contribution in [0.15, 0.2) is 54.6 Å². The number of anilines is 1. The number of urea groups is 1. The van der Waals surface area contributed by atoms with Crippen LogP contribution in [0.3, 0.4) is 0 Å². The van der Waals surface area contributed by atoms with Gasteiger partial charge in [0.15, 0.2) is 0 Å². The second-order valence-corrected chi connectivity index (χ2v) is 5.83. The molecule has 0 heterocycles. The molecule has 0 bridgehead atoms. The predicted octanol–water partition coefficient (Wildman–Crippen LogP) is 3.19. The van der Waals surface area contributed by atoms with Gasteiger partial charge in [-0.15, -0.1) is 0 Å². The Morgan fingerprint density at radius 2 is 1.75 bits per heavy atom. The van der Waals surface area contributed by atoms with Gasteiger partial charge in [-0.3, -0.25) is 4.79 Å². The lowest BCUT2D eigenvalue weighted by molar-refractivity contribution is 0.0954. The molecule has 3 N–H and O–H groups in total. The smallest absolute Gasteiger partial charge is 0.319 e. The van der Waals surface area contributed by atoms with Gasteiger partial charge in [0.05, 0.1) is 0 Å². The molecule has 0 unspecified atom stereocenters. The Labute approximate surface area is 142 Å². The Hall–Kier alpha value is -2.82. The van der Waals surface area contributed by atoms with E-state index in [-0.39, 0.29) is 18.0 Å². The Morgan fingerprint density at radius 3 is 2.46 bits per heavy atom. The topological polar surface area (TPSA) is 70.2 Å². The molecule has 126 valence electrons. The minimum Gasteiger partial charge on any atom is -0.352 e. The third kappa shape index (κ3) is 5.76. The lowest BCUT2D eigenvalue weighted by Gasteiger charge is -2.11. The largest absolute Gasteiger partial charge is 0.352 e. The summed E-state index contributed by atoms with van der Waals surface area (Å²) in [6.07, 6.45) is 0.779. The third-order valence-corrected chi connectivity index (χ3v) is 3.34. The molecule has 5 heteroatoms. The fourth-order valence-electron chi connectivity index (χ4n) is 2.23. The summed E-state index contributed by atoms with van der Waals surface area (Å²) in [6.45, 7) is 4.33. The average Bonchev–Trinajstić information content (AvgIpc) is 2.55. The number of benzene rings is 2. The summed E-state index contributed by atoms with van der Waals surface area (Å²) in [5.41, 5.74) is 2.29. The summed E-state index contributed by atoms with van der Waals surface area (Å²) in [5, 5.41) is 8.36. The normalized spacial score (nSPS) is 10.3. The quantitative estimate of drug-likeness (QED) is 0.763. The molecule has 5 nitrogen and oxygen atoms in total. The molecule has 0 saturated heterocycles. The first-order valence-corrected chi connectivity index (χ1v) is 8.04. The zero-order valence-corrected chi connectivity index (χ0v) is 14.0. The van der Waals surface area contributed by atoms with E-state index >= 15 is 0 Å². The molecule has 2 aromatic carbocycles. The number of rotatable bonds is 6. The molecule has 0 fully saturated rings. The lowest BCUT2D eigenvalue weighted by atomic mass is 10.1. The minimum absolute atomic E-state index is 0.0504. The van der Waals surface area contributed by atoms with Gasteiger partial charge in [0.2, 0.25) is 0 Å². The molecule has 0 aromatic heterocycles. The highest BCUT2D eigenvalue weighted by molar-refractivity contribution is 5.96. The van der Waals surface area contributed by atoms with Crippen molar-refractivity contribution in [2.45, 2.75) is 26.3 Å². The van der Waals surface area contributed by atoms with Crippen molar-refractivity contribution in [3.8, 4) is 0 Å². The number of hydrogen-bond donors (Lipinski definition) is 3. The molecular weight excluding hydrogens is 302 g/mol. The van der Waals surface area contributed by atoms with Crippen LogP contribution < -0.4 is 16.0 Å². The van der Waals surface area contributed by atoms with E-state index in [9.17, 15) is 9.59 Å². The summed E-state index contributed by atoms with van der Waals surface area (Å²) >= 11 is 0. The Morgan fingerprint density at radius 1 is 1.00 bits per heavy atom. The van der Waals surface area contributed by atoms with Crippen molar-refractivity contribution in [2.24, 2.45) is 0 Å². The van der Waals surface area contributed by atoms with E-state index in [1.54, 1.807) is 24.3 Å². The van der Waals surface area contributed by atoms with E-state index in [0.717, 1.165) is 6.42 Å². The molecule has 0 atom stereocenters. The van der Waals surface area contributed by atoms with E-state index in [0.29, 0.717) is 17.8 Å². The first-order valence-electron chi connectivity index (χ1n) is 8.04. The molecule has 0 saturated carbocycles. The molecule has 3 amide bonds. The van der Waals surface area contributed by atoms with Gasteiger partial charge >= 0.3 is 6.03 Å². The van der Waals surface area contributed by atoms with Crippen LogP contribution in [0, 0.1) is 0 Å². The highest BCUT2D eigenvalue weighted by Gasteiger charge is 2.08. The van der Waals surface area contributed by atoms with Gasteiger partial charge in [-0.25, -0.2) is 4.79 Å². The van der Waals surface area contributed by atoms with Gasteiger partial charge < -0.3 is 16.0 Å². The number of carbonyl (C=O) groups is 2. The van der Waals surface area contributed by atoms with Crippen LogP contribution in [-0.2, 0) is 6.42 Å². The number of amides is 3. The van der Waals surface area contributed by atoms with E-state index in [4.69, 9.17) is 0 Å². The summed E-state index contributed by atoms with van der Waals surface area (Å²) in [4.78, 5) is 23.9. The zero-order chi connectivity index (χ0) is 17.4. The van der Waals surface area contributed by atoms with Crippen molar-refractivity contribution < 1.29 is 9.59 Å².